The number of ether oxygens (including phenoxy) is 2. The average Bonchev–Trinajstić information content (AvgIpc) is 3.35. The number of ketones is 1. The summed E-state index contributed by atoms with van der Waals surface area (Å²) in [4.78, 5) is 26.5. The number of aromatic nitrogens is 1. The maximum atomic E-state index is 13.5. The van der Waals surface area contributed by atoms with Crippen molar-refractivity contribution >= 4 is 28.1 Å². The molecule has 0 saturated heterocycles. The quantitative estimate of drug-likeness (QED) is 0.259. The van der Waals surface area contributed by atoms with Gasteiger partial charge in [-0.25, -0.2) is 0 Å². The lowest BCUT2D eigenvalue weighted by Crippen LogP contribution is -2.26. The van der Waals surface area contributed by atoms with Crippen molar-refractivity contribution in [1.29, 1.82) is 0 Å². The first-order valence-corrected chi connectivity index (χ1v) is 11.1. The number of anilines is 2. The number of nitrogens with zero attached hydrogens (tertiary/aromatic N) is 2. The fraction of sp³-hybridized carbons (Fsp3) is 0.154. The summed E-state index contributed by atoms with van der Waals surface area (Å²) in [6, 6.07) is 17.4. The molecule has 10 heteroatoms. The lowest BCUT2D eigenvalue weighted by atomic mass is 9.96. The van der Waals surface area contributed by atoms with Gasteiger partial charge in [-0.1, -0.05) is 18.2 Å². The van der Waals surface area contributed by atoms with Crippen LogP contribution in [0.5, 0.6) is 17.2 Å². The number of hydrogen-bond donors (Lipinski definition) is 3. The van der Waals surface area contributed by atoms with Gasteiger partial charge in [-0.2, -0.15) is 0 Å². The molecule has 0 fully saturated rings. The highest BCUT2D eigenvalue weighted by molar-refractivity contribution is 6.03. The zero-order valence-electron chi connectivity index (χ0n) is 19.2. The summed E-state index contributed by atoms with van der Waals surface area (Å²) in [6.07, 6.45) is -0.170. The van der Waals surface area contributed by atoms with Crippen molar-refractivity contribution in [2.75, 3.05) is 17.3 Å². The third-order valence-electron chi connectivity index (χ3n) is 6.17. The van der Waals surface area contributed by atoms with Crippen molar-refractivity contribution < 1.29 is 24.6 Å². The summed E-state index contributed by atoms with van der Waals surface area (Å²) in [5.74, 6) is 0.194. The molecule has 36 heavy (non-hydrogen) atoms. The van der Waals surface area contributed by atoms with Crippen LogP contribution in [0.2, 0.25) is 0 Å². The molecule has 2 heterocycles. The maximum Gasteiger partial charge on any atom is 0.265 e. The number of para-hydroxylation sites is 1. The van der Waals surface area contributed by atoms with E-state index >= 15 is 0 Å². The van der Waals surface area contributed by atoms with Gasteiger partial charge in [0.2, 0.25) is 6.79 Å². The number of fused-ring (bicyclic) bond motifs is 2. The molecule has 0 saturated carbocycles. The van der Waals surface area contributed by atoms with E-state index in [2.05, 4.69) is 5.32 Å². The van der Waals surface area contributed by atoms with E-state index in [1.54, 1.807) is 61.6 Å². The Balaban J connectivity index is 1.52. The minimum Gasteiger partial charge on any atom is -0.733 e. The van der Waals surface area contributed by atoms with Gasteiger partial charge < -0.3 is 34.9 Å². The first-order chi connectivity index (χ1) is 17.3. The van der Waals surface area contributed by atoms with Crippen LogP contribution in [0.15, 0.2) is 71.5 Å². The van der Waals surface area contributed by atoms with Crippen LogP contribution in [-0.2, 0) is 7.05 Å². The molecule has 3 aromatic carbocycles. The number of hydrogen-bond acceptors (Lipinski definition) is 9. The summed E-state index contributed by atoms with van der Waals surface area (Å²) in [6.45, 7) is 0.0884. The van der Waals surface area contributed by atoms with E-state index in [9.17, 15) is 19.9 Å². The Morgan fingerprint density at radius 3 is 2.58 bits per heavy atom. The standard InChI is InChI=1S/C26H22N3O7/c1-28-20-5-3-2-4-18(20)25(31)24(26(28)32)21(30)13-19(15-6-11-22-23(12-15)36-14-35-22)27-16-7-9-17(10-8-16)29(33)34/h2-12,19,27,31,33H,13-14H2,1H3/q-1/t19-/m0/s1. The topological polar surface area (TPSA) is 136 Å². The number of nitrogens with one attached hydrogen (secondary N) is 1. The van der Waals surface area contributed by atoms with Gasteiger partial charge >= 0.3 is 0 Å². The minimum atomic E-state index is -0.633. The van der Waals surface area contributed by atoms with Crippen LogP contribution in [-0.4, -0.2) is 27.5 Å². The largest absolute Gasteiger partial charge is 0.733 e. The summed E-state index contributed by atoms with van der Waals surface area (Å²) in [5.41, 5.74) is 0.914. The van der Waals surface area contributed by atoms with Crippen LogP contribution in [0.25, 0.3) is 10.9 Å². The molecule has 1 aliphatic rings. The molecular formula is C26H22N3O7-. The second-order valence-corrected chi connectivity index (χ2v) is 8.36. The summed E-state index contributed by atoms with van der Waals surface area (Å²) in [7, 11) is 1.55. The van der Waals surface area contributed by atoms with Crippen molar-refractivity contribution in [3.63, 3.8) is 0 Å². The number of carbonyl (C=O) groups is 1. The van der Waals surface area contributed by atoms with Crippen molar-refractivity contribution in [2.45, 2.75) is 12.5 Å². The van der Waals surface area contributed by atoms with Crippen molar-refractivity contribution in [1.82, 2.24) is 4.57 Å². The van der Waals surface area contributed by atoms with E-state index in [1.807, 2.05) is 0 Å². The van der Waals surface area contributed by atoms with Crippen LogP contribution in [0.1, 0.15) is 28.4 Å². The highest BCUT2D eigenvalue weighted by Gasteiger charge is 2.26. The van der Waals surface area contributed by atoms with Crippen LogP contribution >= 0.6 is 0 Å². The molecule has 3 N–H and O–H groups in total. The molecule has 0 spiro atoms. The predicted octanol–water partition coefficient (Wildman–Crippen LogP) is 4.09. The second-order valence-electron chi connectivity index (χ2n) is 8.36. The number of carbonyl (C=O) groups excluding carboxylic acids is 1. The maximum absolute atomic E-state index is 13.5. The van der Waals surface area contributed by atoms with Gasteiger partial charge in [-0.15, -0.1) is 0 Å². The normalized spacial score (nSPS) is 13.0. The van der Waals surface area contributed by atoms with Crippen LogP contribution in [0, 0.1) is 5.21 Å². The Morgan fingerprint density at radius 1 is 1.11 bits per heavy atom. The first kappa shape index (κ1) is 23.2. The third kappa shape index (κ3) is 4.19. The summed E-state index contributed by atoms with van der Waals surface area (Å²) in [5, 5.41) is 34.5. The molecule has 5 rings (SSSR count). The van der Waals surface area contributed by atoms with E-state index < -0.39 is 17.4 Å². The molecule has 1 atom stereocenters. The molecule has 0 bridgehead atoms. The number of Topliss-reactive ketones (excluding diaryl/α,β-unsaturated/α-hetero) is 1. The number of pyridine rings is 1. The van der Waals surface area contributed by atoms with Gasteiger partial charge in [0.25, 0.3) is 5.56 Å². The van der Waals surface area contributed by atoms with E-state index in [0.717, 1.165) is 0 Å². The Hall–Kier alpha value is -4.54. The van der Waals surface area contributed by atoms with Gasteiger partial charge in [0, 0.05) is 24.5 Å². The Kier molecular flexibility index (Phi) is 5.96. The zero-order chi connectivity index (χ0) is 25.4. The highest BCUT2D eigenvalue weighted by Crippen LogP contribution is 2.37. The van der Waals surface area contributed by atoms with Crippen LogP contribution < -0.4 is 25.6 Å². The van der Waals surface area contributed by atoms with Gasteiger partial charge in [0.1, 0.15) is 11.3 Å². The number of benzene rings is 3. The number of aromatic hydroxyl groups is 1. The molecule has 0 aliphatic carbocycles. The van der Waals surface area contributed by atoms with E-state index in [1.165, 1.54) is 16.7 Å². The Morgan fingerprint density at radius 2 is 1.83 bits per heavy atom. The minimum absolute atomic E-state index is 0.0424. The molecular weight excluding hydrogens is 466 g/mol. The zero-order valence-corrected chi connectivity index (χ0v) is 19.2. The van der Waals surface area contributed by atoms with Crippen LogP contribution in [0.4, 0.5) is 11.4 Å². The second kappa shape index (κ2) is 9.25. The van der Waals surface area contributed by atoms with Gasteiger partial charge in [0.05, 0.1) is 17.2 Å². The smallest absolute Gasteiger partial charge is 0.265 e. The molecule has 0 radical (unpaired) electrons. The molecule has 184 valence electrons. The van der Waals surface area contributed by atoms with Crippen molar-refractivity contribution in [2.24, 2.45) is 7.05 Å². The van der Waals surface area contributed by atoms with E-state index in [-0.39, 0.29) is 35.4 Å². The van der Waals surface area contributed by atoms with Gasteiger partial charge in [-0.3, -0.25) is 14.8 Å². The van der Waals surface area contributed by atoms with Crippen LogP contribution in [0.3, 0.4) is 0 Å². The summed E-state index contributed by atoms with van der Waals surface area (Å²) < 4.78 is 12.2. The van der Waals surface area contributed by atoms with Crippen molar-refractivity contribution in [3.8, 4) is 17.2 Å². The fourth-order valence-corrected chi connectivity index (χ4v) is 4.29. The number of aryl methyl sites for hydroxylation is 1. The number of rotatable bonds is 7. The van der Waals surface area contributed by atoms with Gasteiger partial charge in [0.15, 0.2) is 17.3 Å². The molecule has 10 nitrogen and oxygen atoms in total. The highest BCUT2D eigenvalue weighted by atomic mass is 16.8. The summed E-state index contributed by atoms with van der Waals surface area (Å²) >= 11 is 0. The lowest BCUT2D eigenvalue weighted by Gasteiger charge is -2.23. The molecule has 0 amide bonds. The third-order valence-corrected chi connectivity index (χ3v) is 6.17. The van der Waals surface area contributed by atoms with E-state index in [4.69, 9.17) is 14.7 Å². The van der Waals surface area contributed by atoms with E-state index in [0.29, 0.717) is 33.7 Å². The molecule has 1 aromatic heterocycles. The monoisotopic (exact) mass is 488 g/mol. The molecule has 4 aromatic rings. The Bertz CT molecular complexity index is 1510. The first-order valence-electron chi connectivity index (χ1n) is 11.1. The fourth-order valence-electron chi connectivity index (χ4n) is 4.29. The van der Waals surface area contributed by atoms with Crippen molar-refractivity contribution in [3.05, 3.63) is 93.4 Å². The predicted molar refractivity (Wildman–Crippen MR) is 133 cm³/mol. The Labute approximate surface area is 205 Å². The lowest BCUT2D eigenvalue weighted by molar-refractivity contribution is 0.0972. The molecule has 0 unspecified atom stereocenters. The van der Waals surface area contributed by atoms with Gasteiger partial charge in [-0.05, 0) is 54.1 Å². The SMILES string of the molecule is Cn1c(=O)c(C(=O)C[C@H](Nc2ccc(N([O-])O)cc2)c2ccc3c(c2)OCO3)c(O)c2ccccc21. The average molecular weight is 488 g/mol. The molecule has 1 aliphatic heterocycles.